The maximum Gasteiger partial charge on any atom is 0.234 e. The Hall–Kier alpha value is -2.40. The summed E-state index contributed by atoms with van der Waals surface area (Å²) in [6.07, 6.45) is 4.49. The smallest absolute Gasteiger partial charge is 0.234 e. The Kier molecular flexibility index (Phi) is 5.80. The van der Waals surface area contributed by atoms with Gasteiger partial charge >= 0.3 is 0 Å². The van der Waals surface area contributed by atoms with Crippen LogP contribution in [0.2, 0.25) is 0 Å². The normalized spacial score (nSPS) is 17.1. The summed E-state index contributed by atoms with van der Waals surface area (Å²) in [5, 5.41) is 24.6. The molecule has 1 aliphatic carbocycles. The van der Waals surface area contributed by atoms with Gasteiger partial charge in [-0.2, -0.15) is 9.94 Å². The SMILES string of the molecule is Cc1ccc(-n2nnnc2SC(C)C(=O)NC2(C#N)CCCCC2)c(C)c1. The molecule has 1 amide bonds. The van der Waals surface area contributed by atoms with Gasteiger partial charge in [-0.1, -0.05) is 48.7 Å². The van der Waals surface area contributed by atoms with Crippen LogP contribution in [0, 0.1) is 25.2 Å². The van der Waals surface area contributed by atoms with Gasteiger partial charge in [0.1, 0.15) is 5.54 Å². The fourth-order valence-electron chi connectivity index (χ4n) is 3.42. The Morgan fingerprint density at radius 1 is 1.33 bits per heavy atom. The van der Waals surface area contributed by atoms with E-state index in [4.69, 9.17) is 0 Å². The molecule has 1 heterocycles. The Morgan fingerprint density at radius 3 is 2.74 bits per heavy atom. The van der Waals surface area contributed by atoms with E-state index in [1.54, 1.807) is 4.68 Å². The van der Waals surface area contributed by atoms with E-state index in [0.717, 1.165) is 30.5 Å². The molecule has 0 bridgehead atoms. The number of nitrogens with zero attached hydrogens (tertiary/aromatic N) is 5. The molecule has 0 aliphatic heterocycles. The number of benzene rings is 1. The lowest BCUT2D eigenvalue weighted by atomic mass is 9.83. The number of nitriles is 1. The first-order valence-electron chi connectivity index (χ1n) is 9.20. The average Bonchev–Trinajstić information content (AvgIpc) is 3.10. The van der Waals surface area contributed by atoms with Crippen molar-refractivity contribution in [1.82, 2.24) is 25.5 Å². The second-order valence-electron chi connectivity index (χ2n) is 7.17. The highest BCUT2D eigenvalue weighted by Crippen LogP contribution is 2.29. The van der Waals surface area contributed by atoms with E-state index < -0.39 is 10.8 Å². The predicted molar refractivity (Wildman–Crippen MR) is 104 cm³/mol. The summed E-state index contributed by atoms with van der Waals surface area (Å²) < 4.78 is 1.66. The summed E-state index contributed by atoms with van der Waals surface area (Å²) in [5.74, 6) is -0.154. The van der Waals surface area contributed by atoms with Gasteiger partial charge in [0.15, 0.2) is 0 Å². The third kappa shape index (κ3) is 4.30. The molecule has 3 rings (SSSR count). The molecule has 1 fully saturated rings. The van der Waals surface area contributed by atoms with Crippen molar-refractivity contribution in [2.45, 2.75) is 68.8 Å². The van der Waals surface area contributed by atoms with Crippen LogP contribution in [0.25, 0.3) is 5.69 Å². The molecule has 27 heavy (non-hydrogen) atoms. The minimum Gasteiger partial charge on any atom is -0.337 e. The van der Waals surface area contributed by atoms with Gasteiger partial charge in [0.2, 0.25) is 11.1 Å². The van der Waals surface area contributed by atoms with E-state index in [9.17, 15) is 10.1 Å². The van der Waals surface area contributed by atoms with Crippen molar-refractivity contribution in [2.24, 2.45) is 0 Å². The molecule has 0 spiro atoms. The highest BCUT2D eigenvalue weighted by molar-refractivity contribution is 8.00. The molecule has 142 valence electrons. The summed E-state index contributed by atoms with van der Waals surface area (Å²) in [7, 11) is 0. The fraction of sp³-hybridized carbons (Fsp3) is 0.526. The summed E-state index contributed by atoms with van der Waals surface area (Å²) in [6, 6.07) is 8.38. The minimum absolute atomic E-state index is 0.154. The third-order valence-electron chi connectivity index (χ3n) is 4.96. The number of aryl methyl sites for hydroxylation is 2. The van der Waals surface area contributed by atoms with Crippen LogP contribution < -0.4 is 5.32 Å². The molecule has 0 saturated heterocycles. The molecule has 0 radical (unpaired) electrons. The van der Waals surface area contributed by atoms with Gasteiger partial charge in [0.05, 0.1) is 17.0 Å². The lowest BCUT2D eigenvalue weighted by molar-refractivity contribution is -0.121. The van der Waals surface area contributed by atoms with Gasteiger partial charge in [0.25, 0.3) is 0 Å². The second kappa shape index (κ2) is 8.09. The molecular formula is C19H24N6OS. The van der Waals surface area contributed by atoms with Crippen LogP contribution in [-0.4, -0.2) is 36.9 Å². The summed E-state index contributed by atoms with van der Waals surface area (Å²) in [6.45, 7) is 5.86. The third-order valence-corrected chi connectivity index (χ3v) is 5.99. The zero-order valence-electron chi connectivity index (χ0n) is 15.9. The van der Waals surface area contributed by atoms with Crippen LogP contribution in [0.5, 0.6) is 0 Å². The van der Waals surface area contributed by atoms with Gasteiger partial charge in [0, 0.05) is 0 Å². The van der Waals surface area contributed by atoms with E-state index in [1.807, 2.05) is 32.9 Å². The summed E-state index contributed by atoms with van der Waals surface area (Å²) in [4.78, 5) is 12.7. The van der Waals surface area contributed by atoms with E-state index in [-0.39, 0.29) is 5.91 Å². The van der Waals surface area contributed by atoms with Crippen molar-refractivity contribution in [3.05, 3.63) is 29.3 Å². The molecule has 1 aromatic heterocycles. The number of nitrogens with one attached hydrogen (secondary N) is 1. The summed E-state index contributed by atoms with van der Waals surface area (Å²) in [5.41, 5.74) is 2.39. The fourth-order valence-corrected chi connectivity index (χ4v) is 4.22. The Morgan fingerprint density at radius 2 is 2.07 bits per heavy atom. The molecule has 1 saturated carbocycles. The van der Waals surface area contributed by atoms with Crippen LogP contribution in [-0.2, 0) is 4.79 Å². The van der Waals surface area contributed by atoms with Crippen molar-refractivity contribution < 1.29 is 4.79 Å². The topological polar surface area (TPSA) is 96.5 Å². The number of tetrazole rings is 1. The van der Waals surface area contributed by atoms with Crippen LogP contribution in [0.3, 0.4) is 0 Å². The van der Waals surface area contributed by atoms with Gasteiger partial charge in [-0.3, -0.25) is 4.79 Å². The van der Waals surface area contributed by atoms with E-state index in [1.165, 1.54) is 17.3 Å². The van der Waals surface area contributed by atoms with Crippen molar-refractivity contribution >= 4 is 17.7 Å². The zero-order chi connectivity index (χ0) is 19.4. The van der Waals surface area contributed by atoms with E-state index in [2.05, 4.69) is 33.0 Å². The first-order valence-corrected chi connectivity index (χ1v) is 10.1. The first-order chi connectivity index (χ1) is 12.9. The lowest BCUT2D eigenvalue weighted by Gasteiger charge is -2.32. The molecule has 1 aromatic carbocycles. The van der Waals surface area contributed by atoms with Gasteiger partial charge < -0.3 is 5.32 Å². The quantitative estimate of drug-likeness (QED) is 0.796. The number of carbonyl (C=O) groups excluding carboxylic acids is 1. The highest BCUT2D eigenvalue weighted by atomic mass is 32.2. The Labute approximate surface area is 163 Å². The minimum atomic E-state index is -0.733. The zero-order valence-corrected chi connectivity index (χ0v) is 16.7. The first kappa shape index (κ1) is 19.4. The maximum absolute atomic E-state index is 12.7. The largest absolute Gasteiger partial charge is 0.337 e. The van der Waals surface area contributed by atoms with E-state index >= 15 is 0 Å². The molecule has 1 atom stereocenters. The van der Waals surface area contributed by atoms with Gasteiger partial charge in [-0.05, 0) is 55.7 Å². The number of thioether (sulfide) groups is 1. The monoisotopic (exact) mass is 384 g/mol. The molecule has 1 unspecified atom stereocenters. The van der Waals surface area contributed by atoms with Crippen molar-refractivity contribution in [3.8, 4) is 11.8 Å². The molecule has 2 aromatic rings. The highest BCUT2D eigenvalue weighted by Gasteiger charge is 2.35. The van der Waals surface area contributed by atoms with Gasteiger partial charge in [-0.15, -0.1) is 5.10 Å². The molecule has 8 heteroatoms. The van der Waals surface area contributed by atoms with Crippen molar-refractivity contribution in [2.75, 3.05) is 0 Å². The number of carbonyl (C=O) groups is 1. The Bertz CT molecular complexity index is 865. The van der Waals surface area contributed by atoms with Crippen LogP contribution in [0.4, 0.5) is 0 Å². The average molecular weight is 385 g/mol. The standard InChI is InChI=1S/C19H24N6OS/c1-13-7-8-16(14(2)11-13)25-18(22-23-24-25)27-15(3)17(26)21-19(12-20)9-5-4-6-10-19/h7-8,11,15H,4-6,9-10H2,1-3H3,(H,21,26). The molecule has 7 nitrogen and oxygen atoms in total. The van der Waals surface area contributed by atoms with Crippen LogP contribution in [0.1, 0.15) is 50.2 Å². The van der Waals surface area contributed by atoms with Crippen molar-refractivity contribution in [3.63, 3.8) is 0 Å². The second-order valence-corrected chi connectivity index (χ2v) is 8.48. The summed E-state index contributed by atoms with van der Waals surface area (Å²) >= 11 is 1.30. The number of hydrogen-bond donors (Lipinski definition) is 1. The number of hydrogen-bond acceptors (Lipinski definition) is 6. The molecule has 1 aliphatic rings. The van der Waals surface area contributed by atoms with E-state index in [0.29, 0.717) is 18.0 Å². The lowest BCUT2D eigenvalue weighted by Crippen LogP contribution is -2.51. The predicted octanol–water partition coefficient (Wildman–Crippen LogP) is 3.10. The number of rotatable bonds is 5. The van der Waals surface area contributed by atoms with Gasteiger partial charge in [-0.25, -0.2) is 0 Å². The Balaban J connectivity index is 1.73. The van der Waals surface area contributed by atoms with Crippen LogP contribution >= 0.6 is 11.8 Å². The van der Waals surface area contributed by atoms with Crippen molar-refractivity contribution in [1.29, 1.82) is 5.26 Å². The maximum atomic E-state index is 12.7. The van der Waals surface area contributed by atoms with Crippen LogP contribution in [0.15, 0.2) is 23.4 Å². The molecule has 1 N–H and O–H groups in total. The number of aromatic nitrogens is 4. The molecular weight excluding hydrogens is 360 g/mol. The number of amides is 1.